The second-order valence-electron chi connectivity index (χ2n) is 4.20. The lowest BCUT2D eigenvalue weighted by Gasteiger charge is -1.98. The minimum Gasteiger partial charge on any atom is -0.457 e. The maximum absolute atomic E-state index is 5.67. The van der Waals surface area contributed by atoms with E-state index in [1.54, 1.807) is 12.5 Å². The number of oxazole rings is 1. The van der Waals surface area contributed by atoms with Crippen LogP contribution in [0.2, 0.25) is 0 Å². The largest absolute Gasteiger partial charge is 0.457 e. The van der Waals surface area contributed by atoms with Crippen molar-refractivity contribution in [1.29, 1.82) is 0 Å². The Morgan fingerprint density at radius 2 is 2.35 bits per heavy atom. The van der Waals surface area contributed by atoms with Gasteiger partial charge in [0.1, 0.15) is 0 Å². The molecule has 5 heteroatoms. The van der Waals surface area contributed by atoms with Crippen molar-refractivity contribution in [3.63, 3.8) is 0 Å². The summed E-state index contributed by atoms with van der Waals surface area (Å²) in [6.07, 6.45) is 6.79. The van der Waals surface area contributed by atoms with Crippen molar-refractivity contribution in [2.45, 2.75) is 25.3 Å². The minimum atomic E-state index is 0.677. The van der Waals surface area contributed by atoms with Gasteiger partial charge in [-0.05, 0) is 34.8 Å². The molecular weight excluding hydrogens is 284 g/mol. The molecule has 4 nitrogen and oxygen atoms in total. The molecule has 0 amide bonds. The SMILES string of the molecule is Brc1occc1-c1cnc(CCNC2CC2)o1. The van der Waals surface area contributed by atoms with Gasteiger partial charge in [0.25, 0.3) is 0 Å². The van der Waals surface area contributed by atoms with E-state index in [1.807, 2.05) is 6.07 Å². The molecule has 0 spiro atoms. The molecule has 0 unspecified atom stereocenters. The number of nitrogens with zero attached hydrogens (tertiary/aromatic N) is 1. The Hall–Kier alpha value is -1.07. The third-order valence-corrected chi connectivity index (χ3v) is 3.40. The Labute approximate surface area is 108 Å². The predicted octanol–water partition coefficient (Wildman–Crippen LogP) is 2.99. The highest BCUT2D eigenvalue weighted by Gasteiger charge is 2.20. The van der Waals surface area contributed by atoms with E-state index in [2.05, 4.69) is 26.2 Å². The van der Waals surface area contributed by atoms with E-state index in [4.69, 9.17) is 8.83 Å². The highest BCUT2D eigenvalue weighted by Crippen LogP contribution is 2.29. The van der Waals surface area contributed by atoms with Crippen LogP contribution in [0.25, 0.3) is 11.3 Å². The maximum Gasteiger partial charge on any atom is 0.196 e. The van der Waals surface area contributed by atoms with Crippen LogP contribution in [0.15, 0.2) is 32.0 Å². The van der Waals surface area contributed by atoms with Gasteiger partial charge in [0.2, 0.25) is 0 Å². The van der Waals surface area contributed by atoms with Crippen molar-refractivity contribution in [3.05, 3.63) is 29.1 Å². The lowest BCUT2D eigenvalue weighted by atomic mass is 10.3. The summed E-state index contributed by atoms with van der Waals surface area (Å²) in [7, 11) is 0. The molecule has 1 saturated carbocycles. The standard InChI is InChI=1S/C12H13BrN2O2/c13-12-9(4-6-16-12)10-7-15-11(17-10)3-5-14-8-1-2-8/h4,6-8,14H,1-3,5H2. The molecule has 17 heavy (non-hydrogen) atoms. The topological polar surface area (TPSA) is 51.2 Å². The molecule has 1 fully saturated rings. The van der Waals surface area contributed by atoms with E-state index in [-0.39, 0.29) is 0 Å². The molecule has 3 rings (SSSR count). The molecule has 2 aromatic heterocycles. The quantitative estimate of drug-likeness (QED) is 0.921. The zero-order chi connectivity index (χ0) is 11.7. The van der Waals surface area contributed by atoms with Crippen molar-refractivity contribution in [2.75, 3.05) is 6.54 Å². The third kappa shape index (κ3) is 2.61. The Morgan fingerprint density at radius 3 is 3.06 bits per heavy atom. The summed E-state index contributed by atoms with van der Waals surface area (Å²) in [5, 5.41) is 3.43. The fraction of sp³-hybridized carbons (Fsp3) is 0.417. The van der Waals surface area contributed by atoms with E-state index >= 15 is 0 Å². The Kier molecular flexibility index (Phi) is 3.03. The fourth-order valence-corrected chi connectivity index (χ4v) is 2.13. The first-order valence-corrected chi connectivity index (χ1v) is 6.53. The second-order valence-corrected chi connectivity index (χ2v) is 4.92. The number of aromatic nitrogens is 1. The van der Waals surface area contributed by atoms with Crippen molar-refractivity contribution >= 4 is 15.9 Å². The van der Waals surface area contributed by atoms with Gasteiger partial charge < -0.3 is 14.2 Å². The lowest BCUT2D eigenvalue weighted by Crippen LogP contribution is -2.19. The van der Waals surface area contributed by atoms with Crippen molar-refractivity contribution in [3.8, 4) is 11.3 Å². The highest BCUT2D eigenvalue weighted by molar-refractivity contribution is 9.10. The molecule has 2 aromatic rings. The van der Waals surface area contributed by atoms with E-state index in [1.165, 1.54) is 12.8 Å². The summed E-state index contributed by atoms with van der Waals surface area (Å²) in [6.45, 7) is 0.928. The van der Waals surface area contributed by atoms with Gasteiger partial charge in [-0.25, -0.2) is 4.98 Å². The number of hydrogen-bond acceptors (Lipinski definition) is 4. The first kappa shape index (κ1) is 11.0. The molecule has 1 aliphatic rings. The van der Waals surface area contributed by atoms with E-state index in [0.29, 0.717) is 4.67 Å². The van der Waals surface area contributed by atoms with Gasteiger partial charge in [0.05, 0.1) is 18.0 Å². The van der Waals surface area contributed by atoms with Gasteiger partial charge >= 0.3 is 0 Å². The van der Waals surface area contributed by atoms with Crippen molar-refractivity contribution in [2.24, 2.45) is 0 Å². The molecule has 0 saturated heterocycles. The molecule has 0 aliphatic heterocycles. The van der Waals surface area contributed by atoms with Crippen molar-refractivity contribution in [1.82, 2.24) is 10.3 Å². The van der Waals surface area contributed by atoms with Crippen LogP contribution in [0, 0.1) is 0 Å². The van der Waals surface area contributed by atoms with Gasteiger partial charge in [0, 0.05) is 19.0 Å². The normalized spacial score (nSPS) is 15.4. The van der Waals surface area contributed by atoms with Crippen LogP contribution < -0.4 is 5.32 Å². The summed E-state index contributed by atoms with van der Waals surface area (Å²) >= 11 is 3.33. The summed E-state index contributed by atoms with van der Waals surface area (Å²) in [6, 6.07) is 2.59. The van der Waals surface area contributed by atoms with Crippen molar-refractivity contribution < 1.29 is 8.83 Å². The predicted molar refractivity (Wildman–Crippen MR) is 66.6 cm³/mol. The highest BCUT2D eigenvalue weighted by atomic mass is 79.9. The van der Waals surface area contributed by atoms with Crippen LogP contribution in [0.1, 0.15) is 18.7 Å². The van der Waals surface area contributed by atoms with Gasteiger partial charge in [-0.2, -0.15) is 0 Å². The molecule has 2 heterocycles. The summed E-state index contributed by atoms with van der Waals surface area (Å²) < 4.78 is 11.5. The molecule has 1 N–H and O–H groups in total. The smallest absolute Gasteiger partial charge is 0.196 e. The number of nitrogens with one attached hydrogen (secondary N) is 1. The molecule has 0 radical (unpaired) electrons. The minimum absolute atomic E-state index is 0.677. The molecular formula is C12H13BrN2O2. The van der Waals surface area contributed by atoms with Gasteiger partial charge in [-0.1, -0.05) is 0 Å². The fourth-order valence-electron chi connectivity index (χ4n) is 1.69. The first-order chi connectivity index (χ1) is 8.33. The van der Waals surface area contributed by atoms with E-state index < -0.39 is 0 Å². The lowest BCUT2D eigenvalue weighted by molar-refractivity contribution is 0.492. The first-order valence-electron chi connectivity index (χ1n) is 5.74. The number of halogens is 1. The van der Waals surface area contributed by atoms with E-state index in [9.17, 15) is 0 Å². The average Bonchev–Trinajstić information content (AvgIpc) is 2.85. The zero-order valence-electron chi connectivity index (χ0n) is 9.28. The average molecular weight is 297 g/mol. The Bertz CT molecular complexity index is 502. The van der Waals surface area contributed by atoms with Crippen LogP contribution in [0.5, 0.6) is 0 Å². The summed E-state index contributed by atoms with van der Waals surface area (Å²) in [5.74, 6) is 1.51. The molecule has 90 valence electrons. The second kappa shape index (κ2) is 4.66. The Balaban J connectivity index is 1.63. The third-order valence-electron chi connectivity index (χ3n) is 2.79. The van der Waals surface area contributed by atoms with Crippen LogP contribution in [-0.2, 0) is 6.42 Å². The van der Waals surface area contributed by atoms with Crippen LogP contribution in [0.4, 0.5) is 0 Å². The Morgan fingerprint density at radius 1 is 1.47 bits per heavy atom. The molecule has 0 bridgehead atoms. The van der Waals surface area contributed by atoms with Gasteiger partial charge in [-0.15, -0.1) is 0 Å². The maximum atomic E-state index is 5.67. The molecule has 0 atom stereocenters. The monoisotopic (exact) mass is 296 g/mol. The van der Waals surface area contributed by atoms with Crippen LogP contribution in [0.3, 0.4) is 0 Å². The number of furan rings is 1. The van der Waals surface area contributed by atoms with Crippen LogP contribution in [-0.4, -0.2) is 17.6 Å². The summed E-state index contributed by atoms with van der Waals surface area (Å²) in [5.41, 5.74) is 0.902. The van der Waals surface area contributed by atoms with Gasteiger partial charge in [0.15, 0.2) is 16.3 Å². The summed E-state index contributed by atoms with van der Waals surface area (Å²) in [4.78, 5) is 4.26. The molecule has 0 aromatic carbocycles. The zero-order valence-corrected chi connectivity index (χ0v) is 10.9. The molecule has 1 aliphatic carbocycles. The van der Waals surface area contributed by atoms with Gasteiger partial charge in [-0.3, -0.25) is 0 Å². The number of rotatable bonds is 5. The van der Waals surface area contributed by atoms with Crippen LogP contribution >= 0.6 is 15.9 Å². The van der Waals surface area contributed by atoms with E-state index in [0.717, 1.165) is 36.2 Å². The number of hydrogen-bond donors (Lipinski definition) is 1.